The van der Waals surface area contributed by atoms with E-state index in [0.29, 0.717) is 6.04 Å². The van der Waals surface area contributed by atoms with Gasteiger partial charge in [-0.3, -0.25) is 0 Å². The topological polar surface area (TPSA) is 12.0 Å². The van der Waals surface area contributed by atoms with Gasteiger partial charge in [-0.05, 0) is 72.4 Å². The summed E-state index contributed by atoms with van der Waals surface area (Å²) in [6.07, 6.45) is 1.15. The molecule has 0 fully saturated rings. The van der Waals surface area contributed by atoms with Crippen LogP contribution in [0.15, 0.2) is 28.7 Å². The minimum absolute atomic E-state index is 0.296. The van der Waals surface area contributed by atoms with Crippen LogP contribution in [-0.2, 0) is 0 Å². The smallest absolute Gasteiger partial charge is 0.0671 e. The molecule has 3 heteroatoms. The number of rotatable bonds is 5. The Labute approximate surface area is 134 Å². The maximum atomic E-state index is 3.68. The van der Waals surface area contributed by atoms with E-state index in [1.807, 2.05) is 11.3 Å². The van der Waals surface area contributed by atoms with Gasteiger partial charge in [-0.1, -0.05) is 25.1 Å². The van der Waals surface area contributed by atoms with Gasteiger partial charge in [0.05, 0.1) is 6.04 Å². The Bertz CT molecular complexity index is 569. The van der Waals surface area contributed by atoms with Crippen LogP contribution in [0, 0.1) is 20.8 Å². The van der Waals surface area contributed by atoms with Crippen molar-refractivity contribution < 1.29 is 0 Å². The Hall–Kier alpha value is -0.640. The Morgan fingerprint density at radius 3 is 2.45 bits per heavy atom. The van der Waals surface area contributed by atoms with E-state index in [2.05, 4.69) is 73.2 Å². The second-order valence-corrected chi connectivity index (χ2v) is 7.43. The van der Waals surface area contributed by atoms with Crippen LogP contribution in [0.5, 0.6) is 0 Å². The standard InChI is InChI=1S/C17H22BrNS/c1-5-8-19-17(16-10-15(18)13(4)20-16)14-7-6-11(2)12(3)9-14/h6-7,9-10,17,19H,5,8H2,1-4H3. The zero-order valence-corrected chi connectivity index (χ0v) is 15.0. The van der Waals surface area contributed by atoms with Gasteiger partial charge in [0.1, 0.15) is 0 Å². The average Bonchev–Trinajstić information content (AvgIpc) is 2.74. The lowest BCUT2D eigenvalue weighted by molar-refractivity contribution is 0.605. The van der Waals surface area contributed by atoms with Crippen LogP contribution >= 0.6 is 27.3 Å². The number of halogens is 1. The van der Waals surface area contributed by atoms with E-state index < -0.39 is 0 Å². The van der Waals surface area contributed by atoms with E-state index in [4.69, 9.17) is 0 Å². The average molecular weight is 352 g/mol. The predicted octanol–water partition coefficient (Wildman–Crippen LogP) is 5.52. The van der Waals surface area contributed by atoms with Gasteiger partial charge in [0.2, 0.25) is 0 Å². The molecule has 0 saturated heterocycles. The molecule has 1 heterocycles. The van der Waals surface area contributed by atoms with E-state index in [1.165, 1.54) is 30.9 Å². The lowest BCUT2D eigenvalue weighted by Gasteiger charge is -2.19. The van der Waals surface area contributed by atoms with Gasteiger partial charge >= 0.3 is 0 Å². The first-order chi connectivity index (χ1) is 9.52. The molecule has 0 bridgehead atoms. The number of aryl methyl sites for hydroxylation is 3. The molecule has 1 unspecified atom stereocenters. The molecule has 1 atom stereocenters. The Morgan fingerprint density at radius 2 is 1.90 bits per heavy atom. The van der Waals surface area contributed by atoms with Gasteiger partial charge in [-0.25, -0.2) is 0 Å². The number of nitrogens with one attached hydrogen (secondary N) is 1. The molecule has 1 N–H and O–H groups in total. The largest absolute Gasteiger partial charge is 0.306 e. The van der Waals surface area contributed by atoms with E-state index >= 15 is 0 Å². The molecule has 1 aromatic heterocycles. The first-order valence-electron chi connectivity index (χ1n) is 7.09. The Balaban J connectivity index is 2.38. The quantitative estimate of drug-likeness (QED) is 0.747. The summed E-state index contributed by atoms with van der Waals surface area (Å²) in [6, 6.07) is 9.33. The number of thiophene rings is 1. The highest BCUT2D eigenvalue weighted by Crippen LogP contribution is 2.34. The normalized spacial score (nSPS) is 12.7. The first-order valence-corrected chi connectivity index (χ1v) is 8.70. The SMILES string of the molecule is CCCNC(c1ccc(C)c(C)c1)c1cc(Br)c(C)s1. The molecule has 108 valence electrons. The van der Waals surface area contributed by atoms with Crippen LogP contribution in [0.3, 0.4) is 0 Å². The van der Waals surface area contributed by atoms with Crippen molar-refractivity contribution in [3.63, 3.8) is 0 Å². The molecule has 2 rings (SSSR count). The minimum atomic E-state index is 0.296. The monoisotopic (exact) mass is 351 g/mol. The molecule has 0 saturated carbocycles. The van der Waals surface area contributed by atoms with Crippen molar-refractivity contribution in [1.29, 1.82) is 0 Å². The van der Waals surface area contributed by atoms with E-state index in [9.17, 15) is 0 Å². The second-order valence-electron chi connectivity index (χ2n) is 5.28. The third kappa shape index (κ3) is 3.51. The van der Waals surface area contributed by atoms with Gasteiger partial charge in [-0.15, -0.1) is 11.3 Å². The highest BCUT2D eigenvalue weighted by atomic mass is 79.9. The second kappa shape index (κ2) is 6.88. The fraction of sp³-hybridized carbons (Fsp3) is 0.412. The molecule has 0 aliphatic carbocycles. The number of hydrogen-bond donors (Lipinski definition) is 1. The Morgan fingerprint density at radius 1 is 1.15 bits per heavy atom. The van der Waals surface area contributed by atoms with E-state index in [-0.39, 0.29) is 0 Å². The summed E-state index contributed by atoms with van der Waals surface area (Å²) in [5, 5.41) is 3.68. The molecule has 1 aromatic carbocycles. The third-order valence-electron chi connectivity index (χ3n) is 3.62. The zero-order valence-electron chi connectivity index (χ0n) is 12.6. The summed E-state index contributed by atoms with van der Waals surface area (Å²) in [7, 11) is 0. The highest BCUT2D eigenvalue weighted by Gasteiger charge is 2.17. The van der Waals surface area contributed by atoms with E-state index in [0.717, 1.165) is 13.0 Å². The van der Waals surface area contributed by atoms with Crippen LogP contribution in [-0.4, -0.2) is 6.54 Å². The predicted molar refractivity (Wildman–Crippen MR) is 92.8 cm³/mol. The maximum absolute atomic E-state index is 3.68. The van der Waals surface area contributed by atoms with Crippen LogP contribution < -0.4 is 5.32 Å². The van der Waals surface area contributed by atoms with Crippen LogP contribution in [0.1, 0.15) is 45.8 Å². The van der Waals surface area contributed by atoms with Crippen LogP contribution in [0.2, 0.25) is 0 Å². The van der Waals surface area contributed by atoms with Crippen molar-refractivity contribution in [1.82, 2.24) is 5.32 Å². The van der Waals surface area contributed by atoms with Gasteiger partial charge in [0.25, 0.3) is 0 Å². The summed E-state index contributed by atoms with van der Waals surface area (Å²) in [6.45, 7) is 9.76. The van der Waals surface area contributed by atoms with Crippen molar-refractivity contribution in [3.05, 3.63) is 55.2 Å². The van der Waals surface area contributed by atoms with Crippen LogP contribution in [0.25, 0.3) is 0 Å². The minimum Gasteiger partial charge on any atom is -0.306 e. The molecule has 0 aliphatic heterocycles. The highest BCUT2D eigenvalue weighted by molar-refractivity contribution is 9.10. The summed E-state index contributed by atoms with van der Waals surface area (Å²) in [5.74, 6) is 0. The fourth-order valence-electron chi connectivity index (χ4n) is 2.24. The summed E-state index contributed by atoms with van der Waals surface area (Å²) < 4.78 is 1.21. The van der Waals surface area contributed by atoms with Crippen molar-refractivity contribution in [3.8, 4) is 0 Å². The number of benzene rings is 1. The van der Waals surface area contributed by atoms with Gasteiger partial charge < -0.3 is 5.32 Å². The number of hydrogen-bond acceptors (Lipinski definition) is 2. The van der Waals surface area contributed by atoms with Crippen molar-refractivity contribution in [2.75, 3.05) is 6.54 Å². The summed E-state index contributed by atoms with van der Waals surface area (Å²) >= 11 is 5.50. The maximum Gasteiger partial charge on any atom is 0.0671 e. The molecular formula is C17H22BrNS. The molecule has 0 spiro atoms. The summed E-state index contributed by atoms with van der Waals surface area (Å²) in [5.41, 5.74) is 4.07. The van der Waals surface area contributed by atoms with Gasteiger partial charge in [0, 0.05) is 14.2 Å². The molecule has 2 aromatic rings. The lowest BCUT2D eigenvalue weighted by Crippen LogP contribution is -2.22. The molecular weight excluding hydrogens is 330 g/mol. The van der Waals surface area contributed by atoms with E-state index in [1.54, 1.807) is 0 Å². The van der Waals surface area contributed by atoms with Gasteiger partial charge in [0.15, 0.2) is 0 Å². The van der Waals surface area contributed by atoms with Crippen molar-refractivity contribution in [2.24, 2.45) is 0 Å². The molecule has 20 heavy (non-hydrogen) atoms. The fourth-order valence-corrected chi connectivity index (χ4v) is 3.90. The lowest BCUT2D eigenvalue weighted by atomic mass is 10.00. The first kappa shape index (κ1) is 15.7. The van der Waals surface area contributed by atoms with Crippen molar-refractivity contribution in [2.45, 2.75) is 40.2 Å². The molecule has 0 aliphatic rings. The van der Waals surface area contributed by atoms with Crippen LogP contribution in [0.4, 0.5) is 0 Å². The third-order valence-corrected chi connectivity index (χ3v) is 5.83. The summed E-state index contributed by atoms with van der Waals surface area (Å²) in [4.78, 5) is 2.72. The van der Waals surface area contributed by atoms with Gasteiger partial charge in [-0.2, -0.15) is 0 Å². The Kier molecular flexibility index (Phi) is 5.42. The molecule has 0 amide bonds. The molecule has 1 nitrogen and oxygen atoms in total. The zero-order chi connectivity index (χ0) is 14.7. The van der Waals surface area contributed by atoms with Crippen molar-refractivity contribution >= 4 is 27.3 Å². The molecule has 0 radical (unpaired) electrons.